The van der Waals surface area contributed by atoms with Gasteiger partial charge in [0.2, 0.25) is 17.7 Å². The van der Waals surface area contributed by atoms with Crippen LogP contribution in [0.5, 0.6) is 0 Å². The number of carbonyl (C=O) groups excluding carboxylic acids is 3. The summed E-state index contributed by atoms with van der Waals surface area (Å²) in [5, 5.41) is 9.11. The van der Waals surface area contributed by atoms with Crippen molar-refractivity contribution in [1.29, 1.82) is 5.26 Å². The van der Waals surface area contributed by atoms with Gasteiger partial charge in [0.25, 0.3) is 0 Å². The summed E-state index contributed by atoms with van der Waals surface area (Å²) in [6.45, 7) is 1.28. The van der Waals surface area contributed by atoms with Crippen molar-refractivity contribution in [3.63, 3.8) is 0 Å². The fourth-order valence-corrected chi connectivity index (χ4v) is 4.19. The summed E-state index contributed by atoms with van der Waals surface area (Å²) in [7, 11) is 3.86. The Kier molecular flexibility index (Phi) is 6.65. The molecule has 2 unspecified atom stereocenters. The van der Waals surface area contributed by atoms with E-state index >= 15 is 0 Å². The Morgan fingerprint density at radius 2 is 1.79 bits per heavy atom. The van der Waals surface area contributed by atoms with Crippen molar-refractivity contribution < 1.29 is 14.4 Å². The quantitative estimate of drug-likeness (QED) is 0.654. The topological polar surface area (TPSA) is 84.7 Å². The van der Waals surface area contributed by atoms with Gasteiger partial charge in [0.1, 0.15) is 6.54 Å². The van der Waals surface area contributed by atoms with Gasteiger partial charge in [0.05, 0.1) is 23.5 Å². The van der Waals surface area contributed by atoms with Crippen molar-refractivity contribution in [3.8, 4) is 6.07 Å². The van der Waals surface area contributed by atoms with E-state index in [0.717, 1.165) is 31.2 Å². The molecule has 1 aromatic carbocycles. The van der Waals surface area contributed by atoms with Crippen LogP contribution in [0.4, 0.5) is 0 Å². The van der Waals surface area contributed by atoms with Crippen LogP contribution in [0.1, 0.15) is 36.8 Å². The first-order valence-electron chi connectivity index (χ1n) is 10.2. The van der Waals surface area contributed by atoms with Crippen LogP contribution in [-0.2, 0) is 20.9 Å². The highest BCUT2D eigenvalue weighted by molar-refractivity contribution is 6.07. The Labute approximate surface area is 171 Å². The summed E-state index contributed by atoms with van der Waals surface area (Å²) in [5.41, 5.74) is 1.39. The first-order chi connectivity index (χ1) is 13.9. The van der Waals surface area contributed by atoms with Gasteiger partial charge in [-0.15, -0.1) is 0 Å². The van der Waals surface area contributed by atoms with Crippen molar-refractivity contribution in [2.45, 2.75) is 32.2 Å². The van der Waals surface area contributed by atoms with Crippen LogP contribution in [-0.4, -0.2) is 66.2 Å². The molecule has 0 radical (unpaired) electrons. The number of hydrogen-bond acceptors (Lipinski definition) is 5. The van der Waals surface area contributed by atoms with Crippen LogP contribution in [0.15, 0.2) is 24.3 Å². The highest BCUT2D eigenvalue weighted by atomic mass is 16.2. The molecule has 29 heavy (non-hydrogen) atoms. The molecule has 1 aromatic rings. The number of benzene rings is 1. The second kappa shape index (κ2) is 9.19. The van der Waals surface area contributed by atoms with Crippen LogP contribution < -0.4 is 0 Å². The normalized spacial score (nSPS) is 21.2. The van der Waals surface area contributed by atoms with E-state index in [1.807, 2.05) is 25.1 Å². The standard InChI is InChI=1S/C22H28N4O3/c1-24(2)10-11-25(14-17-7-5-6-16(12-17)13-23)20(27)15-26-21(28)18-8-3-4-9-19(18)22(26)29/h5-7,12,18-19H,3-4,8-11,14-15H2,1-2H3. The third-order valence-electron chi connectivity index (χ3n) is 5.83. The summed E-state index contributed by atoms with van der Waals surface area (Å²) in [4.78, 5) is 43.3. The molecule has 1 saturated heterocycles. The lowest BCUT2D eigenvalue weighted by atomic mass is 9.81. The number of carbonyl (C=O) groups is 3. The van der Waals surface area contributed by atoms with E-state index in [2.05, 4.69) is 6.07 Å². The molecule has 2 fully saturated rings. The van der Waals surface area contributed by atoms with E-state index in [0.29, 0.717) is 25.2 Å². The third-order valence-corrected chi connectivity index (χ3v) is 5.83. The average Bonchev–Trinajstić information content (AvgIpc) is 2.96. The predicted octanol–water partition coefficient (Wildman–Crippen LogP) is 1.62. The zero-order valence-corrected chi connectivity index (χ0v) is 17.1. The summed E-state index contributed by atoms with van der Waals surface area (Å²) < 4.78 is 0. The number of fused-ring (bicyclic) bond motifs is 1. The minimum absolute atomic E-state index is 0.188. The number of rotatable bonds is 7. The molecule has 2 atom stereocenters. The average molecular weight is 396 g/mol. The van der Waals surface area contributed by atoms with Gasteiger partial charge in [0.15, 0.2) is 0 Å². The molecule has 1 saturated carbocycles. The number of imide groups is 1. The zero-order valence-electron chi connectivity index (χ0n) is 17.1. The van der Waals surface area contributed by atoms with E-state index in [1.54, 1.807) is 23.1 Å². The molecule has 2 aliphatic rings. The number of hydrogen-bond donors (Lipinski definition) is 0. The lowest BCUT2D eigenvalue weighted by Gasteiger charge is -2.26. The fraction of sp³-hybridized carbons (Fsp3) is 0.545. The molecule has 1 heterocycles. The van der Waals surface area contributed by atoms with E-state index in [-0.39, 0.29) is 36.1 Å². The van der Waals surface area contributed by atoms with Gasteiger partial charge in [-0.25, -0.2) is 0 Å². The van der Waals surface area contributed by atoms with Gasteiger partial charge in [-0.2, -0.15) is 5.26 Å². The first-order valence-corrected chi connectivity index (χ1v) is 10.2. The van der Waals surface area contributed by atoms with Crippen LogP contribution in [0, 0.1) is 23.2 Å². The second-order valence-electron chi connectivity index (χ2n) is 8.19. The van der Waals surface area contributed by atoms with Crippen LogP contribution in [0.25, 0.3) is 0 Å². The number of nitrogens with zero attached hydrogens (tertiary/aromatic N) is 4. The van der Waals surface area contributed by atoms with E-state index in [9.17, 15) is 14.4 Å². The maximum Gasteiger partial charge on any atom is 0.243 e. The summed E-state index contributed by atoms with van der Waals surface area (Å²) in [6.07, 6.45) is 3.41. The van der Waals surface area contributed by atoms with Crippen molar-refractivity contribution in [2.75, 3.05) is 33.7 Å². The summed E-state index contributed by atoms with van der Waals surface area (Å²) >= 11 is 0. The first kappa shape index (κ1) is 21.0. The summed E-state index contributed by atoms with van der Waals surface area (Å²) in [5.74, 6) is -1.10. The lowest BCUT2D eigenvalue weighted by Crippen LogP contribution is -2.44. The van der Waals surface area contributed by atoms with Gasteiger partial charge in [-0.1, -0.05) is 25.0 Å². The molecule has 3 rings (SSSR count). The largest absolute Gasteiger partial charge is 0.336 e. The van der Waals surface area contributed by atoms with Gasteiger partial charge in [-0.05, 0) is 44.6 Å². The van der Waals surface area contributed by atoms with Gasteiger partial charge in [0, 0.05) is 19.6 Å². The monoisotopic (exact) mass is 396 g/mol. The highest BCUT2D eigenvalue weighted by Crippen LogP contribution is 2.37. The predicted molar refractivity (Wildman–Crippen MR) is 107 cm³/mol. The summed E-state index contributed by atoms with van der Waals surface area (Å²) in [6, 6.07) is 9.26. The van der Waals surface area contributed by atoms with Gasteiger partial charge >= 0.3 is 0 Å². The molecule has 7 nitrogen and oxygen atoms in total. The maximum atomic E-state index is 13.1. The number of nitriles is 1. The molecule has 0 aromatic heterocycles. The fourth-order valence-electron chi connectivity index (χ4n) is 4.19. The Morgan fingerprint density at radius 3 is 2.38 bits per heavy atom. The maximum absolute atomic E-state index is 13.1. The number of likely N-dealkylation sites (N-methyl/N-ethyl adjacent to an activating group) is 1. The highest BCUT2D eigenvalue weighted by Gasteiger charge is 2.48. The van der Waals surface area contributed by atoms with E-state index < -0.39 is 0 Å². The molecule has 1 aliphatic heterocycles. The molecule has 0 spiro atoms. The number of likely N-dealkylation sites (tertiary alicyclic amines) is 1. The number of amides is 3. The molecule has 154 valence electrons. The van der Waals surface area contributed by atoms with Crippen molar-refractivity contribution in [1.82, 2.24) is 14.7 Å². The Hall–Kier alpha value is -2.72. The molecule has 1 aliphatic carbocycles. The molecule has 0 N–H and O–H groups in total. The molecule has 7 heteroatoms. The van der Waals surface area contributed by atoms with Crippen LogP contribution >= 0.6 is 0 Å². The Bertz CT molecular complexity index is 806. The van der Waals surface area contributed by atoms with Crippen molar-refractivity contribution in [2.24, 2.45) is 11.8 Å². The van der Waals surface area contributed by atoms with Crippen molar-refractivity contribution in [3.05, 3.63) is 35.4 Å². The van der Waals surface area contributed by atoms with Crippen LogP contribution in [0.3, 0.4) is 0 Å². The molecular formula is C22H28N4O3. The van der Waals surface area contributed by atoms with Gasteiger partial charge < -0.3 is 9.80 Å². The SMILES string of the molecule is CN(C)CCN(Cc1cccc(C#N)c1)C(=O)CN1C(=O)C2CCCCC2C1=O. The minimum atomic E-state index is -0.244. The Morgan fingerprint density at radius 1 is 1.14 bits per heavy atom. The molecule has 0 bridgehead atoms. The van der Waals surface area contributed by atoms with E-state index in [4.69, 9.17) is 5.26 Å². The molecule has 3 amide bonds. The second-order valence-corrected chi connectivity index (χ2v) is 8.19. The Balaban J connectivity index is 1.73. The minimum Gasteiger partial charge on any atom is -0.336 e. The zero-order chi connectivity index (χ0) is 21.0. The van der Waals surface area contributed by atoms with E-state index in [1.165, 1.54) is 4.90 Å². The smallest absolute Gasteiger partial charge is 0.243 e. The van der Waals surface area contributed by atoms with Gasteiger partial charge in [-0.3, -0.25) is 19.3 Å². The molecular weight excluding hydrogens is 368 g/mol. The third kappa shape index (κ3) is 4.83. The van der Waals surface area contributed by atoms with Crippen molar-refractivity contribution >= 4 is 17.7 Å². The van der Waals surface area contributed by atoms with Crippen LogP contribution in [0.2, 0.25) is 0 Å². The lowest BCUT2D eigenvalue weighted by molar-refractivity contribution is -0.146.